The first-order valence-corrected chi connectivity index (χ1v) is 6.32. The van der Waals surface area contributed by atoms with Crippen molar-refractivity contribution in [2.24, 2.45) is 11.8 Å². The largest absolute Gasteiger partial charge is 0.356 e. The lowest BCUT2D eigenvalue weighted by atomic mass is 9.82. The Morgan fingerprint density at radius 2 is 2.13 bits per heavy atom. The summed E-state index contributed by atoms with van der Waals surface area (Å²) < 4.78 is 0. The van der Waals surface area contributed by atoms with Gasteiger partial charge in [0.2, 0.25) is 5.91 Å². The summed E-state index contributed by atoms with van der Waals surface area (Å²) in [5.74, 6) is 1.77. The summed E-state index contributed by atoms with van der Waals surface area (Å²) in [5.41, 5.74) is 0. The summed E-state index contributed by atoms with van der Waals surface area (Å²) in [7, 11) is 0. The van der Waals surface area contributed by atoms with E-state index in [-0.39, 0.29) is 5.91 Å². The second-order valence-electron chi connectivity index (χ2n) is 5.00. The van der Waals surface area contributed by atoms with E-state index in [0.717, 1.165) is 38.4 Å². The van der Waals surface area contributed by atoms with Crippen LogP contribution in [-0.2, 0) is 4.79 Å². The lowest BCUT2D eigenvalue weighted by molar-refractivity contribution is -0.121. The van der Waals surface area contributed by atoms with Crippen molar-refractivity contribution in [2.75, 3.05) is 19.6 Å². The average molecular weight is 210 g/mol. The maximum Gasteiger partial charge on any atom is 0.220 e. The Balaban J connectivity index is 1.51. The molecule has 2 aliphatic rings. The van der Waals surface area contributed by atoms with Gasteiger partial charge in [0.15, 0.2) is 0 Å². The topological polar surface area (TPSA) is 41.1 Å². The van der Waals surface area contributed by atoms with Crippen molar-refractivity contribution in [2.45, 2.75) is 38.5 Å². The van der Waals surface area contributed by atoms with Gasteiger partial charge in [0.05, 0.1) is 0 Å². The maximum absolute atomic E-state index is 11.5. The molecule has 1 atom stereocenters. The lowest BCUT2D eigenvalue weighted by Crippen LogP contribution is -2.30. The van der Waals surface area contributed by atoms with Crippen LogP contribution in [0.1, 0.15) is 38.5 Å². The summed E-state index contributed by atoms with van der Waals surface area (Å²) in [6.45, 7) is 3.06. The highest BCUT2D eigenvalue weighted by Crippen LogP contribution is 2.30. The van der Waals surface area contributed by atoms with E-state index in [2.05, 4.69) is 10.6 Å². The molecule has 2 N–H and O–H groups in total. The summed E-state index contributed by atoms with van der Waals surface area (Å²) in [6, 6.07) is 0. The highest BCUT2D eigenvalue weighted by atomic mass is 16.1. The Kier molecular flexibility index (Phi) is 4.01. The molecule has 1 amide bonds. The molecular weight excluding hydrogens is 188 g/mol. The fraction of sp³-hybridized carbons (Fsp3) is 0.917. The molecule has 0 bridgehead atoms. The molecule has 1 saturated carbocycles. The van der Waals surface area contributed by atoms with Crippen molar-refractivity contribution < 1.29 is 4.79 Å². The van der Waals surface area contributed by atoms with Crippen molar-refractivity contribution in [3.05, 3.63) is 0 Å². The third-order valence-electron chi connectivity index (χ3n) is 3.75. The summed E-state index contributed by atoms with van der Waals surface area (Å²) >= 11 is 0. The van der Waals surface area contributed by atoms with Crippen LogP contribution in [0.4, 0.5) is 0 Å². The Morgan fingerprint density at radius 1 is 1.27 bits per heavy atom. The number of carbonyl (C=O) groups excluding carboxylic acids is 1. The molecule has 0 spiro atoms. The predicted molar refractivity (Wildman–Crippen MR) is 60.6 cm³/mol. The van der Waals surface area contributed by atoms with Gasteiger partial charge in [-0.3, -0.25) is 4.79 Å². The maximum atomic E-state index is 11.5. The van der Waals surface area contributed by atoms with Gasteiger partial charge in [-0.1, -0.05) is 19.3 Å². The Bertz CT molecular complexity index is 208. The number of carbonyl (C=O) groups is 1. The van der Waals surface area contributed by atoms with Gasteiger partial charge in [0.1, 0.15) is 0 Å². The van der Waals surface area contributed by atoms with Crippen molar-refractivity contribution in [1.82, 2.24) is 10.6 Å². The van der Waals surface area contributed by atoms with E-state index in [0.29, 0.717) is 5.92 Å². The monoisotopic (exact) mass is 210 g/mol. The minimum absolute atomic E-state index is 0.258. The molecule has 15 heavy (non-hydrogen) atoms. The van der Waals surface area contributed by atoms with Crippen LogP contribution >= 0.6 is 0 Å². The molecule has 0 aromatic rings. The fourth-order valence-electron chi connectivity index (χ4n) is 2.35. The third-order valence-corrected chi connectivity index (χ3v) is 3.75. The van der Waals surface area contributed by atoms with E-state index in [4.69, 9.17) is 0 Å². The first-order valence-electron chi connectivity index (χ1n) is 6.32. The standard InChI is InChI=1S/C12H22N2O/c15-12(5-4-10-2-1-3-10)14-9-11-6-7-13-8-11/h10-11,13H,1-9H2,(H,14,15). The molecule has 2 rings (SSSR count). The minimum atomic E-state index is 0.258. The van der Waals surface area contributed by atoms with Gasteiger partial charge in [-0.25, -0.2) is 0 Å². The normalized spacial score (nSPS) is 26.3. The van der Waals surface area contributed by atoms with E-state index in [1.807, 2.05) is 0 Å². The molecule has 1 aliphatic heterocycles. The quantitative estimate of drug-likeness (QED) is 0.718. The Labute approximate surface area is 92.0 Å². The zero-order chi connectivity index (χ0) is 10.5. The van der Waals surface area contributed by atoms with Gasteiger partial charge in [0.25, 0.3) is 0 Å². The molecule has 3 nitrogen and oxygen atoms in total. The second-order valence-corrected chi connectivity index (χ2v) is 5.00. The van der Waals surface area contributed by atoms with Gasteiger partial charge >= 0.3 is 0 Å². The number of amides is 1. The van der Waals surface area contributed by atoms with Crippen molar-refractivity contribution in [3.8, 4) is 0 Å². The SMILES string of the molecule is O=C(CCC1CCC1)NCC1CCNC1. The number of rotatable bonds is 5. The molecule has 0 aromatic heterocycles. The molecule has 3 heteroatoms. The van der Waals surface area contributed by atoms with E-state index in [1.165, 1.54) is 25.7 Å². The zero-order valence-electron chi connectivity index (χ0n) is 9.43. The van der Waals surface area contributed by atoms with Gasteiger partial charge in [-0.05, 0) is 37.8 Å². The first kappa shape index (κ1) is 10.9. The molecule has 86 valence electrons. The number of hydrogen-bond acceptors (Lipinski definition) is 2. The van der Waals surface area contributed by atoms with Crippen LogP contribution in [0.25, 0.3) is 0 Å². The van der Waals surface area contributed by atoms with E-state index >= 15 is 0 Å². The van der Waals surface area contributed by atoms with Crippen molar-refractivity contribution in [1.29, 1.82) is 0 Å². The van der Waals surface area contributed by atoms with Gasteiger partial charge in [-0.15, -0.1) is 0 Å². The molecular formula is C12H22N2O. The van der Waals surface area contributed by atoms with Crippen LogP contribution in [0.3, 0.4) is 0 Å². The highest BCUT2D eigenvalue weighted by Gasteiger charge is 2.19. The summed E-state index contributed by atoms with van der Waals surface area (Å²) in [4.78, 5) is 11.5. The Hall–Kier alpha value is -0.570. The van der Waals surface area contributed by atoms with Crippen molar-refractivity contribution in [3.63, 3.8) is 0 Å². The van der Waals surface area contributed by atoms with Crippen LogP contribution in [0.2, 0.25) is 0 Å². The molecule has 1 aliphatic carbocycles. The molecule has 2 fully saturated rings. The number of nitrogens with one attached hydrogen (secondary N) is 2. The molecule has 1 heterocycles. The second kappa shape index (κ2) is 5.50. The van der Waals surface area contributed by atoms with Crippen LogP contribution in [-0.4, -0.2) is 25.5 Å². The molecule has 0 radical (unpaired) electrons. The third kappa shape index (κ3) is 3.49. The molecule has 1 saturated heterocycles. The van der Waals surface area contributed by atoms with Crippen LogP contribution in [0.5, 0.6) is 0 Å². The average Bonchev–Trinajstić information content (AvgIpc) is 2.64. The smallest absolute Gasteiger partial charge is 0.220 e. The Morgan fingerprint density at radius 3 is 2.73 bits per heavy atom. The van der Waals surface area contributed by atoms with Crippen molar-refractivity contribution >= 4 is 5.91 Å². The molecule has 1 unspecified atom stereocenters. The van der Waals surface area contributed by atoms with Crippen LogP contribution < -0.4 is 10.6 Å². The summed E-state index contributed by atoms with van der Waals surface area (Å²) in [5, 5.41) is 6.36. The minimum Gasteiger partial charge on any atom is -0.356 e. The zero-order valence-corrected chi connectivity index (χ0v) is 9.43. The van der Waals surface area contributed by atoms with Gasteiger partial charge in [-0.2, -0.15) is 0 Å². The first-order chi connectivity index (χ1) is 7.34. The fourth-order valence-corrected chi connectivity index (χ4v) is 2.35. The van der Waals surface area contributed by atoms with Crippen LogP contribution in [0, 0.1) is 11.8 Å². The predicted octanol–water partition coefficient (Wildman–Crippen LogP) is 1.29. The van der Waals surface area contributed by atoms with Crippen LogP contribution in [0.15, 0.2) is 0 Å². The number of hydrogen-bond donors (Lipinski definition) is 2. The molecule has 0 aromatic carbocycles. The van der Waals surface area contributed by atoms with Gasteiger partial charge in [0, 0.05) is 13.0 Å². The highest BCUT2D eigenvalue weighted by molar-refractivity contribution is 5.75. The van der Waals surface area contributed by atoms with Gasteiger partial charge < -0.3 is 10.6 Å². The summed E-state index contributed by atoms with van der Waals surface area (Å²) in [6.07, 6.45) is 7.13. The van der Waals surface area contributed by atoms with E-state index in [1.54, 1.807) is 0 Å². The van der Waals surface area contributed by atoms with E-state index < -0.39 is 0 Å². The van der Waals surface area contributed by atoms with E-state index in [9.17, 15) is 4.79 Å². The lowest BCUT2D eigenvalue weighted by Gasteiger charge is -2.24.